The number of nitrogens with zero attached hydrogens (tertiary/aromatic N) is 1. The second kappa shape index (κ2) is 7.23. The highest BCUT2D eigenvalue weighted by Gasteiger charge is 2.18. The molecular weight excluding hydrogens is 198 g/mol. The van der Waals surface area contributed by atoms with Crippen LogP contribution in [-0.2, 0) is 19.1 Å². The van der Waals surface area contributed by atoms with Gasteiger partial charge in [-0.2, -0.15) is 0 Å². The minimum Gasteiger partial charge on any atom is -0.469 e. The van der Waals surface area contributed by atoms with Crippen LogP contribution in [0.3, 0.4) is 0 Å². The van der Waals surface area contributed by atoms with Crippen LogP contribution in [-0.4, -0.2) is 50.2 Å². The lowest BCUT2D eigenvalue weighted by molar-refractivity contribution is -0.145. The van der Waals surface area contributed by atoms with Gasteiger partial charge in [-0.25, -0.2) is 0 Å². The van der Waals surface area contributed by atoms with Crippen molar-refractivity contribution < 1.29 is 19.1 Å². The Kier molecular flexibility index (Phi) is 6.70. The van der Waals surface area contributed by atoms with Crippen molar-refractivity contribution >= 4 is 11.9 Å². The van der Waals surface area contributed by atoms with Gasteiger partial charge in [0, 0.05) is 6.04 Å². The van der Waals surface area contributed by atoms with Crippen LogP contribution in [0.5, 0.6) is 0 Å². The highest BCUT2D eigenvalue weighted by Crippen LogP contribution is 2.04. The number of esters is 2. The molecule has 1 atom stereocenters. The number of methoxy groups -OCH3 is 2. The Hall–Kier alpha value is -1.10. The highest BCUT2D eigenvalue weighted by molar-refractivity contribution is 5.72. The van der Waals surface area contributed by atoms with Gasteiger partial charge >= 0.3 is 11.9 Å². The van der Waals surface area contributed by atoms with Gasteiger partial charge in [0.05, 0.1) is 27.2 Å². The summed E-state index contributed by atoms with van der Waals surface area (Å²) in [5, 5.41) is 0. The van der Waals surface area contributed by atoms with Gasteiger partial charge in [-0.1, -0.05) is 6.92 Å². The minimum atomic E-state index is -0.298. The van der Waals surface area contributed by atoms with Crippen LogP contribution >= 0.6 is 0 Å². The number of hydrogen-bond donors (Lipinski definition) is 0. The third-order valence-electron chi connectivity index (χ3n) is 2.28. The maximum Gasteiger partial charge on any atom is 0.319 e. The van der Waals surface area contributed by atoms with E-state index < -0.39 is 0 Å². The average molecular weight is 217 g/mol. The van der Waals surface area contributed by atoms with E-state index >= 15 is 0 Å². The first kappa shape index (κ1) is 13.9. The third-order valence-corrected chi connectivity index (χ3v) is 2.28. The molecule has 0 aromatic heterocycles. The van der Waals surface area contributed by atoms with E-state index in [1.165, 1.54) is 14.2 Å². The Bertz CT molecular complexity index is 217. The summed E-state index contributed by atoms with van der Waals surface area (Å²) in [6, 6.07) is -0.0263. The topological polar surface area (TPSA) is 55.8 Å². The number of likely N-dealkylation sites (N-methyl/N-ethyl adjacent to an activating group) is 1. The molecule has 0 saturated heterocycles. The van der Waals surface area contributed by atoms with Crippen LogP contribution in [0.1, 0.15) is 20.3 Å². The van der Waals surface area contributed by atoms with Gasteiger partial charge in [-0.15, -0.1) is 0 Å². The number of ether oxygens (including phenoxy) is 2. The molecule has 0 rings (SSSR count). The molecule has 0 aromatic carbocycles. The molecule has 1 unspecified atom stereocenters. The molecular formula is C10H19NO4. The second-order valence-electron chi connectivity index (χ2n) is 3.27. The molecule has 0 aliphatic heterocycles. The zero-order valence-electron chi connectivity index (χ0n) is 9.78. The standard InChI is InChI=1S/C10H19NO4/c1-5-11(7-10(13)15-4)8(2)6-9(12)14-3/h8H,5-7H2,1-4H3. The fourth-order valence-electron chi connectivity index (χ4n) is 1.26. The summed E-state index contributed by atoms with van der Waals surface area (Å²) in [6.07, 6.45) is 0.279. The van der Waals surface area contributed by atoms with E-state index in [1.54, 1.807) is 0 Å². The van der Waals surface area contributed by atoms with E-state index in [-0.39, 0.29) is 30.9 Å². The first-order valence-electron chi connectivity index (χ1n) is 4.92. The van der Waals surface area contributed by atoms with Crippen molar-refractivity contribution in [3.05, 3.63) is 0 Å². The van der Waals surface area contributed by atoms with E-state index in [9.17, 15) is 9.59 Å². The van der Waals surface area contributed by atoms with Gasteiger partial charge in [0.1, 0.15) is 0 Å². The Morgan fingerprint density at radius 2 is 1.73 bits per heavy atom. The summed E-state index contributed by atoms with van der Waals surface area (Å²) in [7, 11) is 2.70. The molecule has 0 N–H and O–H groups in total. The van der Waals surface area contributed by atoms with Crippen molar-refractivity contribution in [1.82, 2.24) is 4.90 Å². The predicted octanol–water partition coefficient (Wildman–Crippen LogP) is 0.433. The van der Waals surface area contributed by atoms with Crippen molar-refractivity contribution in [3.63, 3.8) is 0 Å². The van der Waals surface area contributed by atoms with Gasteiger partial charge in [-0.3, -0.25) is 14.5 Å². The van der Waals surface area contributed by atoms with Crippen LogP contribution in [0, 0.1) is 0 Å². The number of hydrogen-bond acceptors (Lipinski definition) is 5. The van der Waals surface area contributed by atoms with Crippen molar-refractivity contribution in [2.75, 3.05) is 27.3 Å². The Morgan fingerprint density at radius 3 is 2.13 bits per heavy atom. The zero-order valence-corrected chi connectivity index (χ0v) is 9.78. The van der Waals surface area contributed by atoms with Crippen LogP contribution in [0.2, 0.25) is 0 Å². The van der Waals surface area contributed by atoms with Crippen molar-refractivity contribution in [1.29, 1.82) is 0 Å². The maximum absolute atomic E-state index is 11.1. The van der Waals surface area contributed by atoms with Crippen molar-refractivity contribution in [2.24, 2.45) is 0 Å². The largest absolute Gasteiger partial charge is 0.469 e. The molecule has 0 amide bonds. The van der Waals surface area contributed by atoms with Crippen molar-refractivity contribution in [3.8, 4) is 0 Å². The Labute approximate surface area is 90.3 Å². The minimum absolute atomic E-state index is 0.0263. The summed E-state index contributed by atoms with van der Waals surface area (Å²) < 4.78 is 9.13. The normalized spacial score (nSPS) is 12.3. The molecule has 0 heterocycles. The Morgan fingerprint density at radius 1 is 1.20 bits per heavy atom. The second-order valence-corrected chi connectivity index (χ2v) is 3.27. The number of rotatable bonds is 6. The fourth-order valence-corrected chi connectivity index (χ4v) is 1.26. The molecule has 5 heteroatoms. The van der Waals surface area contributed by atoms with Gasteiger partial charge in [0.2, 0.25) is 0 Å². The zero-order chi connectivity index (χ0) is 11.8. The van der Waals surface area contributed by atoms with Crippen LogP contribution in [0.15, 0.2) is 0 Å². The average Bonchev–Trinajstić information content (AvgIpc) is 2.24. The number of carbonyl (C=O) groups is 2. The quantitative estimate of drug-likeness (QED) is 0.604. The first-order valence-corrected chi connectivity index (χ1v) is 4.92. The van der Waals surface area contributed by atoms with E-state index in [0.717, 1.165) is 0 Å². The van der Waals surface area contributed by atoms with Gasteiger partial charge < -0.3 is 9.47 Å². The molecule has 0 bridgehead atoms. The molecule has 0 aliphatic rings. The fraction of sp³-hybridized carbons (Fsp3) is 0.800. The summed E-state index contributed by atoms with van der Waals surface area (Å²) in [5.41, 5.74) is 0. The SMILES string of the molecule is CCN(CC(=O)OC)C(C)CC(=O)OC. The lowest BCUT2D eigenvalue weighted by atomic mass is 10.2. The van der Waals surface area contributed by atoms with E-state index in [0.29, 0.717) is 6.54 Å². The van der Waals surface area contributed by atoms with Crippen molar-refractivity contribution in [2.45, 2.75) is 26.3 Å². The molecule has 5 nitrogen and oxygen atoms in total. The molecule has 0 fully saturated rings. The highest BCUT2D eigenvalue weighted by atomic mass is 16.5. The molecule has 15 heavy (non-hydrogen) atoms. The van der Waals surface area contributed by atoms with E-state index in [2.05, 4.69) is 9.47 Å². The maximum atomic E-state index is 11.1. The number of carbonyl (C=O) groups excluding carboxylic acids is 2. The lowest BCUT2D eigenvalue weighted by Crippen LogP contribution is -2.39. The summed E-state index contributed by atoms with van der Waals surface area (Å²) in [5.74, 6) is -0.570. The predicted molar refractivity (Wildman–Crippen MR) is 55.4 cm³/mol. The van der Waals surface area contributed by atoms with E-state index in [4.69, 9.17) is 0 Å². The molecule has 0 spiro atoms. The molecule has 0 aromatic rings. The van der Waals surface area contributed by atoms with E-state index in [1.807, 2.05) is 18.7 Å². The summed E-state index contributed by atoms with van der Waals surface area (Å²) in [6.45, 7) is 4.69. The van der Waals surface area contributed by atoms with Gasteiger partial charge in [-0.05, 0) is 13.5 Å². The molecule has 88 valence electrons. The molecule has 0 aliphatic carbocycles. The van der Waals surface area contributed by atoms with Gasteiger partial charge in [0.15, 0.2) is 0 Å². The first-order chi connectivity index (χ1) is 7.04. The molecule has 0 saturated carbocycles. The monoisotopic (exact) mass is 217 g/mol. The summed E-state index contributed by atoms with van der Waals surface area (Å²) in [4.78, 5) is 24.0. The van der Waals surface area contributed by atoms with Crippen LogP contribution in [0.25, 0.3) is 0 Å². The third kappa shape index (κ3) is 5.37. The summed E-state index contributed by atoms with van der Waals surface area (Å²) >= 11 is 0. The Balaban J connectivity index is 4.15. The molecule has 0 radical (unpaired) electrons. The lowest BCUT2D eigenvalue weighted by Gasteiger charge is -2.25. The smallest absolute Gasteiger partial charge is 0.319 e. The van der Waals surface area contributed by atoms with Crippen LogP contribution in [0.4, 0.5) is 0 Å². The van der Waals surface area contributed by atoms with Crippen LogP contribution < -0.4 is 0 Å². The van der Waals surface area contributed by atoms with Gasteiger partial charge in [0.25, 0.3) is 0 Å².